The predicted octanol–water partition coefficient (Wildman–Crippen LogP) is 3.64. The molecule has 1 aromatic rings. The Kier molecular flexibility index (Phi) is 6.33. The number of rotatable bonds is 7. The molecule has 3 rings (SSSR count). The summed E-state index contributed by atoms with van der Waals surface area (Å²) < 4.78 is 17.4. The molecule has 0 amide bonds. The third-order valence-corrected chi connectivity index (χ3v) is 6.03. The number of hydrogen-bond donors (Lipinski definition) is 1. The number of likely N-dealkylation sites (tertiary alicyclic amines) is 1. The predicted molar refractivity (Wildman–Crippen MR) is 102 cm³/mol. The number of ether oxygens (including phenoxy) is 3. The van der Waals surface area contributed by atoms with Gasteiger partial charge in [-0.15, -0.1) is 0 Å². The van der Waals surface area contributed by atoms with E-state index >= 15 is 0 Å². The molecule has 2 fully saturated rings. The number of nitrogens with zero attached hydrogens (tertiary/aromatic N) is 1. The second-order valence-electron chi connectivity index (χ2n) is 7.38. The van der Waals surface area contributed by atoms with Gasteiger partial charge in [0, 0.05) is 42.9 Å². The fourth-order valence-electron chi connectivity index (χ4n) is 4.44. The Morgan fingerprint density at radius 1 is 1.31 bits per heavy atom. The van der Waals surface area contributed by atoms with E-state index in [1.807, 2.05) is 6.07 Å². The van der Waals surface area contributed by atoms with Crippen LogP contribution in [0.3, 0.4) is 0 Å². The summed E-state index contributed by atoms with van der Waals surface area (Å²) in [6, 6.07) is 3.96. The average molecular weight is 384 g/mol. The van der Waals surface area contributed by atoms with Gasteiger partial charge in [0.2, 0.25) is 0 Å². The highest BCUT2D eigenvalue weighted by Crippen LogP contribution is 2.44. The molecule has 0 bridgehead atoms. The van der Waals surface area contributed by atoms with Gasteiger partial charge in [-0.25, -0.2) is 0 Å². The lowest BCUT2D eigenvalue weighted by molar-refractivity contribution is -0.0880. The van der Waals surface area contributed by atoms with Crippen LogP contribution in [0.2, 0.25) is 5.02 Å². The van der Waals surface area contributed by atoms with Gasteiger partial charge >= 0.3 is 0 Å². The van der Waals surface area contributed by atoms with E-state index in [9.17, 15) is 5.11 Å². The van der Waals surface area contributed by atoms with Gasteiger partial charge in [-0.1, -0.05) is 18.5 Å². The highest BCUT2D eigenvalue weighted by molar-refractivity contribution is 6.30. The molecule has 1 saturated carbocycles. The van der Waals surface area contributed by atoms with Crippen LogP contribution in [-0.4, -0.2) is 55.1 Å². The summed E-state index contributed by atoms with van der Waals surface area (Å²) in [6.45, 7) is 4.36. The van der Waals surface area contributed by atoms with Crippen LogP contribution in [0.15, 0.2) is 12.1 Å². The summed E-state index contributed by atoms with van der Waals surface area (Å²) in [7, 11) is 3.43. The summed E-state index contributed by atoms with van der Waals surface area (Å²) in [6.07, 6.45) is 4.13. The van der Waals surface area contributed by atoms with Crippen molar-refractivity contribution >= 4 is 11.6 Å². The van der Waals surface area contributed by atoms with Gasteiger partial charge < -0.3 is 19.3 Å². The lowest BCUT2D eigenvalue weighted by Crippen LogP contribution is -2.51. The van der Waals surface area contributed by atoms with E-state index in [1.54, 1.807) is 20.3 Å². The minimum atomic E-state index is -0.256. The molecule has 0 aromatic heterocycles. The van der Waals surface area contributed by atoms with Crippen molar-refractivity contribution in [1.29, 1.82) is 0 Å². The van der Waals surface area contributed by atoms with Crippen LogP contribution in [0, 0.1) is 0 Å². The highest BCUT2D eigenvalue weighted by atomic mass is 35.5. The van der Waals surface area contributed by atoms with E-state index in [4.69, 9.17) is 25.8 Å². The number of fused-ring (bicyclic) bond motifs is 1. The van der Waals surface area contributed by atoms with Crippen LogP contribution in [0.1, 0.15) is 44.6 Å². The Labute approximate surface area is 161 Å². The Morgan fingerprint density at radius 2 is 2.12 bits per heavy atom. The van der Waals surface area contributed by atoms with Crippen molar-refractivity contribution in [2.24, 2.45) is 0 Å². The van der Waals surface area contributed by atoms with Crippen molar-refractivity contribution in [3.8, 4) is 11.5 Å². The van der Waals surface area contributed by atoms with Gasteiger partial charge in [0.25, 0.3) is 0 Å². The summed E-state index contributed by atoms with van der Waals surface area (Å²) in [4.78, 5) is 2.40. The minimum absolute atomic E-state index is 0.146. The first-order chi connectivity index (χ1) is 12.5. The molecular formula is C20H30ClNO4. The van der Waals surface area contributed by atoms with Crippen LogP contribution in [0.5, 0.6) is 11.5 Å². The summed E-state index contributed by atoms with van der Waals surface area (Å²) in [5, 5.41) is 10.8. The molecule has 0 radical (unpaired) electrons. The summed E-state index contributed by atoms with van der Waals surface area (Å²) in [5.41, 5.74) is 0.876. The van der Waals surface area contributed by atoms with E-state index in [0.29, 0.717) is 23.9 Å². The van der Waals surface area contributed by atoms with E-state index in [2.05, 4.69) is 11.8 Å². The molecule has 1 heterocycles. The van der Waals surface area contributed by atoms with Gasteiger partial charge in [-0.3, -0.25) is 4.90 Å². The van der Waals surface area contributed by atoms with Crippen molar-refractivity contribution in [3.05, 3.63) is 22.7 Å². The van der Waals surface area contributed by atoms with E-state index in [1.165, 1.54) is 0 Å². The quantitative estimate of drug-likeness (QED) is 0.779. The fourth-order valence-corrected chi connectivity index (χ4v) is 4.67. The largest absolute Gasteiger partial charge is 0.493 e. The number of aliphatic hydroxyl groups is 1. The minimum Gasteiger partial charge on any atom is -0.493 e. The lowest BCUT2D eigenvalue weighted by Gasteiger charge is -2.42. The molecule has 5 nitrogen and oxygen atoms in total. The molecule has 0 spiro atoms. The molecule has 1 aliphatic heterocycles. The first kappa shape index (κ1) is 19.7. The summed E-state index contributed by atoms with van der Waals surface area (Å²) in [5.74, 6) is 1.44. The van der Waals surface area contributed by atoms with Crippen LogP contribution in [0.4, 0.5) is 0 Å². The van der Waals surface area contributed by atoms with E-state index in [0.717, 1.165) is 50.0 Å². The molecule has 1 aliphatic carbocycles. The summed E-state index contributed by atoms with van der Waals surface area (Å²) >= 11 is 6.32. The normalized spacial score (nSPS) is 28.8. The Hall–Kier alpha value is -1.01. The molecule has 146 valence electrons. The van der Waals surface area contributed by atoms with Crippen LogP contribution in [0.25, 0.3) is 0 Å². The van der Waals surface area contributed by atoms with Crippen LogP contribution in [-0.2, 0) is 11.3 Å². The second-order valence-corrected chi connectivity index (χ2v) is 7.81. The third kappa shape index (κ3) is 3.81. The van der Waals surface area contributed by atoms with Crippen LogP contribution < -0.4 is 9.47 Å². The molecule has 2 aliphatic rings. The Balaban J connectivity index is 1.87. The topological polar surface area (TPSA) is 51.2 Å². The zero-order valence-electron chi connectivity index (χ0n) is 16.0. The second kappa shape index (κ2) is 8.34. The fraction of sp³-hybridized carbons (Fsp3) is 0.700. The zero-order valence-corrected chi connectivity index (χ0v) is 16.7. The maximum absolute atomic E-state index is 10.2. The lowest BCUT2D eigenvalue weighted by atomic mass is 9.79. The van der Waals surface area contributed by atoms with Crippen molar-refractivity contribution < 1.29 is 19.3 Å². The number of halogens is 1. The Bertz CT molecular complexity index is 626. The van der Waals surface area contributed by atoms with Crippen molar-refractivity contribution in [2.45, 2.75) is 63.3 Å². The number of aliphatic hydroxyl groups excluding tert-OH is 1. The maximum atomic E-state index is 10.2. The SMILES string of the molecule is CCCOc1c(CN2CC[C@]3(OC)CCC(O)CC23)cc(Cl)cc1OC. The number of benzene rings is 1. The van der Waals surface area contributed by atoms with Crippen molar-refractivity contribution in [1.82, 2.24) is 4.90 Å². The van der Waals surface area contributed by atoms with E-state index in [-0.39, 0.29) is 17.7 Å². The first-order valence-electron chi connectivity index (χ1n) is 9.49. The molecule has 1 saturated heterocycles. The highest BCUT2D eigenvalue weighted by Gasteiger charge is 2.50. The van der Waals surface area contributed by atoms with Gasteiger partial charge in [0.15, 0.2) is 11.5 Å². The van der Waals surface area contributed by atoms with Gasteiger partial charge in [-0.2, -0.15) is 0 Å². The third-order valence-electron chi connectivity index (χ3n) is 5.81. The molecule has 2 unspecified atom stereocenters. The van der Waals surface area contributed by atoms with Crippen molar-refractivity contribution in [3.63, 3.8) is 0 Å². The molecule has 1 N–H and O–H groups in total. The number of methoxy groups -OCH3 is 2. The van der Waals surface area contributed by atoms with Gasteiger partial charge in [-0.05, 0) is 38.2 Å². The number of hydrogen-bond acceptors (Lipinski definition) is 5. The van der Waals surface area contributed by atoms with E-state index < -0.39 is 0 Å². The molecule has 6 heteroatoms. The van der Waals surface area contributed by atoms with Crippen molar-refractivity contribution in [2.75, 3.05) is 27.4 Å². The molecule has 26 heavy (non-hydrogen) atoms. The molecule has 1 aromatic carbocycles. The van der Waals surface area contributed by atoms with Gasteiger partial charge in [0.1, 0.15) is 0 Å². The van der Waals surface area contributed by atoms with Crippen LogP contribution >= 0.6 is 11.6 Å². The zero-order chi connectivity index (χ0) is 18.7. The molecular weight excluding hydrogens is 354 g/mol. The Morgan fingerprint density at radius 3 is 2.81 bits per heavy atom. The molecule has 3 atom stereocenters. The standard InChI is InChI=1S/C20H30ClNO4/c1-4-9-26-19-14(10-15(21)11-17(19)24-2)13-22-8-7-20(25-3)6-5-16(23)12-18(20)22/h10-11,16,18,23H,4-9,12-13H2,1-3H3/t16?,18?,20-/m1/s1. The maximum Gasteiger partial charge on any atom is 0.165 e. The van der Waals surface area contributed by atoms with Gasteiger partial charge in [0.05, 0.1) is 25.4 Å². The monoisotopic (exact) mass is 383 g/mol. The average Bonchev–Trinajstić information content (AvgIpc) is 2.99. The smallest absolute Gasteiger partial charge is 0.165 e. The first-order valence-corrected chi connectivity index (χ1v) is 9.87.